The van der Waals surface area contributed by atoms with Gasteiger partial charge in [-0.05, 0) is 160 Å². The third-order valence-corrected chi connectivity index (χ3v) is 13.8. The van der Waals surface area contributed by atoms with Gasteiger partial charge in [-0.3, -0.25) is 0 Å². The largest absolute Gasteiger partial charge is 0.310 e. The predicted octanol–water partition coefficient (Wildman–Crippen LogP) is 14.0. The van der Waals surface area contributed by atoms with E-state index in [4.69, 9.17) is 0 Å². The van der Waals surface area contributed by atoms with Crippen molar-refractivity contribution in [1.29, 1.82) is 0 Å². The van der Waals surface area contributed by atoms with Crippen LogP contribution >= 0.6 is 0 Å². The molecule has 0 N–H and O–H groups in total. The highest BCUT2D eigenvalue weighted by Crippen LogP contribution is 2.57. The molecule has 55 heavy (non-hydrogen) atoms. The van der Waals surface area contributed by atoms with Gasteiger partial charge in [0.05, 0.1) is 5.41 Å². The van der Waals surface area contributed by atoms with Gasteiger partial charge < -0.3 is 4.90 Å². The molecule has 1 heteroatoms. The zero-order valence-corrected chi connectivity index (χ0v) is 31.5. The van der Waals surface area contributed by atoms with Crippen LogP contribution in [-0.4, -0.2) is 0 Å². The summed E-state index contributed by atoms with van der Waals surface area (Å²) >= 11 is 0. The Labute approximate surface area is 326 Å². The molecule has 0 amide bonds. The van der Waals surface area contributed by atoms with E-state index >= 15 is 0 Å². The standard InChI is InChI=1S/C54H47N/c1-3-13-44(14-4-1)54(45-15-5-2-6-16-45)52-18-10-9-17-49(52)50-32-31-48(36-53(50)54)55(47-29-25-40(26-30-47)51-34-37-19-20-43(51)33-37)46-27-23-39(24-28-46)42-22-21-38-11-7-8-12-41(38)35-42/h1-6,9-10,13-18,21-32,35-37,43,51H,7-8,11-12,19-20,33-34H2. The summed E-state index contributed by atoms with van der Waals surface area (Å²) in [5.74, 6) is 2.52. The molecule has 2 bridgehead atoms. The molecule has 7 aromatic rings. The molecular weight excluding hydrogens is 663 g/mol. The van der Waals surface area contributed by atoms with Gasteiger partial charge in [0.25, 0.3) is 0 Å². The zero-order valence-electron chi connectivity index (χ0n) is 31.5. The Bertz CT molecular complexity index is 2460. The van der Waals surface area contributed by atoms with E-state index < -0.39 is 5.41 Å². The molecule has 0 radical (unpaired) electrons. The van der Waals surface area contributed by atoms with E-state index in [2.05, 4.69) is 175 Å². The van der Waals surface area contributed by atoms with Crippen LogP contribution < -0.4 is 4.90 Å². The predicted molar refractivity (Wildman–Crippen MR) is 229 cm³/mol. The van der Waals surface area contributed by atoms with Crippen molar-refractivity contribution in [2.24, 2.45) is 11.8 Å². The Hall–Kier alpha value is -5.66. The van der Waals surface area contributed by atoms with Crippen LogP contribution in [0.2, 0.25) is 0 Å². The van der Waals surface area contributed by atoms with Crippen molar-refractivity contribution in [3.63, 3.8) is 0 Å². The summed E-state index contributed by atoms with van der Waals surface area (Å²) in [5.41, 5.74) is 18.2. The van der Waals surface area contributed by atoms with Crippen LogP contribution in [0.5, 0.6) is 0 Å². The maximum absolute atomic E-state index is 2.50. The van der Waals surface area contributed by atoms with Gasteiger partial charge in [0.15, 0.2) is 0 Å². The first-order chi connectivity index (χ1) is 27.2. The summed E-state index contributed by atoms with van der Waals surface area (Å²) in [6.45, 7) is 0. The number of benzene rings is 7. The number of anilines is 3. The first kappa shape index (κ1) is 32.7. The summed E-state index contributed by atoms with van der Waals surface area (Å²) < 4.78 is 0. The van der Waals surface area contributed by atoms with Crippen molar-refractivity contribution >= 4 is 17.1 Å². The normalized spacial score (nSPS) is 20.1. The van der Waals surface area contributed by atoms with E-state index in [1.165, 1.54) is 130 Å². The summed E-state index contributed by atoms with van der Waals surface area (Å²) in [4.78, 5) is 2.49. The highest BCUT2D eigenvalue weighted by molar-refractivity contribution is 5.89. The second-order valence-electron chi connectivity index (χ2n) is 16.7. The molecule has 0 spiro atoms. The van der Waals surface area contributed by atoms with E-state index in [0.29, 0.717) is 5.92 Å². The Morgan fingerprint density at radius 2 is 1.07 bits per heavy atom. The average molecular weight is 710 g/mol. The van der Waals surface area contributed by atoms with Gasteiger partial charge >= 0.3 is 0 Å². The van der Waals surface area contributed by atoms with Crippen LogP contribution in [0.3, 0.4) is 0 Å². The Balaban J connectivity index is 1.07. The lowest BCUT2D eigenvalue weighted by atomic mass is 9.67. The number of fused-ring (bicyclic) bond motifs is 6. The number of hydrogen-bond donors (Lipinski definition) is 0. The van der Waals surface area contributed by atoms with Crippen molar-refractivity contribution in [3.8, 4) is 22.3 Å². The second-order valence-corrected chi connectivity index (χ2v) is 16.7. The molecule has 2 fully saturated rings. The molecule has 1 nitrogen and oxygen atoms in total. The monoisotopic (exact) mass is 709 g/mol. The highest BCUT2D eigenvalue weighted by atomic mass is 15.1. The minimum atomic E-state index is -0.446. The topological polar surface area (TPSA) is 3.24 Å². The lowest BCUT2D eigenvalue weighted by Gasteiger charge is -2.35. The number of aryl methyl sites for hydroxylation is 2. The number of hydrogen-bond acceptors (Lipinski definition) is 1. The van der Waals surface area contributed by atoms with Crippen molar-refractivity contribution in [2.45, 2.75) is 62.7 Å². The molecule has 4 aliphatic rings. The summed E-state index contributed by atoms with van der Waals surface area (Å²) in [6.07, 6.45) is 10.7. The smallest absolute Gasteiger partial charge is 0.0714 e. The first-order valence-corrected chi connectivity index (χ1v) is 20.7. The second kappa shape index (κ2) is 13.3. The quantitative estimate of drug-likeness (QED) is 0.159. The van der Waals surface area contributed by atoms with Crippen molar-refractivity contribution in [2.75, 3.05) is 4.90 Å². The van der Waals surface area contributed by atoms with E-state index in [1.54, 1.807) is 0 Å². The van der Waals surface area contributed by atoms with E-state index in [0.717, 1.165) is 11.8 Å². The Kier molecular flexibility index (Phi) is 7.90. The van der Waals surface area contributed by atoms with Gasteiger partial charge in [0.2, 0.25) is 0 Å². The average Bonchev–Trinajstić information content (AvgIpc) is 3.98. The van der Waals surface area contributed by atoms with E-state index in [-0.39, 0.29) is 0 Å². The van der Waals surface area contributed by atoms with Gasteiger partial charge in [-0.2, -0.15) is 0 Å². The minimum absolute atomic E-state index is 0.446. The first-order valence-electron chi connectivity index (χ1n) is 20.7. The molecule has 0 aromatic heterocycles. The molecule has 3 atom stereocenters. The van der Waals surface area contributed by atoms with Gasteiger partial charge in [-0.25, -0.2) is 0 Å². The highest BCUT2D eigenvalue weighted by Gasteiger charge is 2.46. The van der Waals surface area contributed by atoms with Crippen LogP contribution in [0.25, 0.3) is 22.3 Å². The van der Waals surface area contributed by atoms with Crippen LogP contribution in [0.1, 0.15) is 83.4 Å². The minimum Gasteiger partial charge on any atom is -0.310 e. The van der Waals surface area contributed by atoms with Gasteiger partial charge in [-0.1, -0.05) is 140 Å². The third kappa shape index (κ3) is 5.35. The third-order valence-electron chi connectivity index (χ3n) is 13.8. The van der Waals surface area contributed by atoms with Crippen LogP contribution in [0.15, 0.2) is 170 Å². The molecule has 0 saturated heterocycles. The van der Waals surface area contributed by atoms with Gasteiger partial charge in [0.1, 0.15) is 0 Å². The van der Waals surface area contributed by atoms with Crippen LogP contribution in [0, 0.1) is 11.8 Å². The zero-order chi connectivity index (χ0) is 36.3. The van der Waals surface area contributed by atoms with Gasteiger partial charge in [0, 0.05) is 17.1 Å². The molecule has 268 valence electrons. The molecule has 2 saturated carbocycles. The summed E-state index contributed by atoms with van der Waals surface area (Å²) in [6, 6.07) is 64.7. The molecule has 3 unspecified atom stereocenters. The maximum Gasteiger partial charge on any atom is 0.0714 e. The maximum atomic E-state index is 2.50. The molecular formula is C54H47N. The lowest BCUT2D eigenvalue weighted by molar-refractivity contribution is 0.420. The number of nitrogens with zero attached hydrogens (tertiary/aromatic N) is 1. The fourth-order valence-corrected chi connectivity index (χ4v) is 11.3. The molecule has 0 aliphatic heterocycles. The summed E-state index contributed by atoms with van der Waals surface area (Å²) in [5, 5.41) is 0. The lowest BCUT2D eigenvalue weighted by Crippen LogP contribution is -2.28. The Morgan fingerprint density at radius 1 is 0.455 bits per heavy atom. The number of rotatable bonds is 7. The fraction of sp³-hybridized carbons (Fsp3) is 0.222. The molecule has 0 heterocycles. The molecule has 7 aromatic carbocycles. The van der Waals surface area contributed by atoms with E-state index in [9.17, 15) is 0 Å². The van der Waals surface area contributed by atoms with Crippen LogP contribution in [-0.2, 0) is 18.3 Å². The van der Waals surface area contributed by atoms with Gasteiger partial charge in [-0.15, -0.1) is 0 Å². The summed E-state index contributed by atoms with van der Waals surface area (Å²) in [7, 11) is 0. The van der Waals surface area contributed by atoms with Crippen LogP contribution in [0.4, 0.5) is 17.1 Å². The van der Waals surface area contributed by atoms with E-state index in [1.807, 2.05) is 0 Å². The molecule has 4 aliphatic carbocycles. The SMILES string of the molecule is c1ccc(C2(c3ccccc3)c3ccccc3-c3ccc(N(c4ccc(-c5ccc6c(c5)CCCC6)cc4)c4ccc(C5CC6CCC5C6)cc4)cc32)cc1. The Morgan fingerprint density at radius 3 is 1.76 bits per heavy atom. The van der Waals surface area contributed by atoms with Crippen molar-refractivity contribution in [3.05, 3.63) is 209 Å². The molecule has 11 rings (SSSR count). The van der Waals surface area contributed by atoms with Crippen molar-refractivity contribution < 1.29 is 0 Å². The fourth-order valence-electron chi connectivity index (χ4n) is 11.3. The van der Waals surface area contributed by atoms with Crippen molar-refractivity contribution in [1.82, 2.24) is 0 Å².